The molecule has 1 aromatic carbocycles. The summed E-state index contributed by atoms with van der Waals surface area (Å²) in [6, 6.07) is 6.67. The van der Waals surface area contributed by atoms with Gasteiger partial charge in [0.05, 0.1) is 5.69 Å². The van der Waals surface area contributed by atoms with Gasteiger partial charge in [-0.15, -0.1) is 10.2 Å². The van der Waals surface area contributed by atoms with Crippen molar-refractivity contribution in [2.24, 2.45) is 0 Å². The van der Waals surface area contributed by atoms with E-state index in [1.54, 1.807) is 0 Å². The normalized spacial score (nSPS) is 10.2. The monoisotopic (exact) mass is 252 g/mol. The quantitative estimate of drug-likeness (QED) is 0.892. The van der Waals surface area contributed by atoms with E-state index in [0.29, 0.717) is 5.02 Å². The number of carbonyl (C=O) groups is 1. The predicted molar refractivity (Wildman–Crippen MR) is 59.4 cm³/mol. The number of aromatic carboxylic acids is 1. The Labute approximate surface area is 101 Å². The smallest absolute Gasteiger partial charge is 0.356 e. The minimum atomic E-state index is -1.18. The molecule has 6 heteroatoms. The van der Waals surface area contributed by atoms with Gasteiger partial charge in [-0.1, -0.05) is 11.6 Å². The van der Waals surface area contributed by atoms with E-state index in [1.807, 2.05) is 0 Å². The molecule has 0 aliphatic rings. The Morgan fingerprint density at radius 2 is 2.00 bits per heavy atom. The number of benzene rings is 1. The third-order valence-corrected chi connectivity index (χ3v) is 2.32. The third kappa shape index (κ3) is 2.39. The van der Waals surface area contributed by atoms with Crippen LogP contribution in [0.4, 0.5) is 4.39 Å². The lowest BCUT2D eigenvalue weighted by atomic mass is 10.1. The molecular formula is C11H6ClFN2O2. The van der Waals surface area contributed by atoms with Gasteiger partial charge >= 0.3 is 5.97 Å². The van der Waals surface area contributed by atoms with Crippen LogP contribution in [-0.2, 0) is 0 Å². The first-order chi connectivity index (χ1) is 8.08. The van der Waals surface area contributed by atoms with E-state index < -0.39 is 11.8 Å². The van der Waals surface area contributed by atoms with Gasteiger partial charge in [0.25, 0.3) is 0 Å². The first kappa shape index (κ1) is 11.5. The fourth-order valence-electron chi connectivity index (χ4n) is 1.28. The number of rotatable bonds is 2. The van der Waals surface area contributed by atoms with Gasteiger partial charge in [0.1, 0.15) is 5.82 Å². The van der Waals surface area contributed by atoms with Crippen molar-refractivity contribution < 1.29 is 14.3 Å². The summed E-state index contributed by atoms with van der Waals surface area (Å²) >= 11 is 5.74. The second-order valence-electron chi connectivity index (χ2n) is 3.23. The maximum absolute atomic E-state index is 13.5. The predicted octanol–water partition coefficient (Wildman–Crippen LogP) is 2.63. The highest BCUT2D eigenvalue weighted by atomic mass is 35.5. The first-order valence-corrected chi connectivity index (χ1v) is 4.98. The Morgan fingerprint density at radius 3 is 2.59 bits per heavy atom. The fraction of sp³-hybridized carbons (Fsp3) is 0. The summed E-state index contributed by atoms with van der Waals surface area (Å²) in [5.74, 6) is -1.68. The van der Waals surface area contributed by atoms with Crippen LogP contribution in [0.5, 0.6) is 0 Å². The third-order valence-electron chi connectivity index (χ3n) is 2.09. The van der Waals surface area contributed by atoms with Gasteiger partial charge in [-0.25, -0.2) is 9.18 Å². The van der Waals surface area contributed by atoms with Gasteiger partial charge in [-0.3, -0.25) is 0 Å². The first-order valence-electron chi connectivity index (χ1n) is 4.60. The van der Waals surface area contributed by atoms with Crippen molar-refractivity contribution in [1.82, 2.24) is 10.2 Å². The highest BCUT2D eigenvalue weighted by molar-refractivity contribution is 6.30. The second kappa shape index (κ2) is 4.47. The number of halogens is 2. The van der Waals surface area contributed by atoms with Crippen LogP contribution in [-0.4, -0.2) is 21.3 Å². The Morgan fingerprint density at radius 1 is 1.24 bits per heavy atom. The summed E-state index contributed by atoms with van der Waals surface area (Å²) in [5.41, 5.74) is 0.216. The van der Waals surface area contributed by atoms with Crippen LogP contribution in [0.3, 0.4) is 0 Å². The molecular weight excluding hydrogens is 247 g/mol. The van der Waals surface area contributed by atoms with Crippen LogP contribution in [0, 0.1) is 5.82 Å². The molecule has 86 valence electrons. The average Bonchev–Trinajstić information content (AvgIpc) is 2.32. The van der Waals surface area contributed by atoms with Crippen molar-refractivity contribution in [3.8, 4) is 11.3 Å². The molecule has 0 fully saturated rings. The van der Waals surface area contributed by atoms with Crippen LogP contribution in [0.15, 0.2) is 30.3 Å². The molecule has 0 aliphatic heterocycles. The number of carboxylic acid groups (broad SMARTS) is 1. The SMILES string of the molecule is O=C(O)c1ccc(-c2cc(Cl)ccc2F)nn1. The second-order valence-corrected chi connectivity index (χ2v) is 3.67. The van der Waals surface area contributed by atoms with Crippen LogP contribution < -0.4 is 0 Å². The number of hydrogen-bond acceptors (Lipinski definition) is 3. The van der Waals surface area contributed by atoms with E-state index >= 15 is 0 Å². The summed E-state index contributed by atoms with van der Waals surface area (Å²) < 4.78 is 13.5. The van der Waals surface area contributed by atoms with Crippen molar-refractivity contribution in [2.75, 3.05) is 0 Å². The van der Waals surface area contributed by atoms with Crippen molar-refractivity contribution in [1.29, 1.82) is 0 Å². The van der Waals surface area contributed by atoms with Gasteiger partial charge < -0.3 is 5.11 Å². The van der Waals surface area contributed by atoms with E-state index in [-0.39, 0.29) is 17.0 Å². The van der Waals surface area contributed by atoms with Crippen molar-refractivity contribution in [3.63, 3.8) is 0 Å². The number of aromatic nitrogens is 2. The average molecular weight is 253 g/mol. The molecule has 0 saturated heterocycles. The lowest BCUT2D eigenvalue weighted by Gasteiger charge is -2.02. The number of nitrogens with zero attached hydrogens (tertiary/aromatic N) is 2. The van der Waals surface area contributed by atoms with Gasteiger partial charge in [-0.05, 0) is 30.3 Å². The van der Waals surface area contributed by atoms with Crippen molar-refractivity contribution in [2.45, 2.75) is 0 Å². The molecule has 2 aromatic rings. The summed E-state index contributed by atoms with van der Waals surface area (Å²) in [6.07, 6.45) is 0. The molecule has 0 amide bonds. The van der Waals surface area contributed by atoms with E-state index in [9.17, 15) is 9.18 Å². The molecule has 0 atom stereocenters. The Balaban J connectivity index is 2.46. The molecule has 0 saturated carbocycles. The minimum absolute atomic E-state index is 0.182. The zero-order valence-corrected chi connectivity index (χ0v) is 9.15. The molecule has 0 unspecified atom stereocenters. The Bertz CT molecular complexity index is 572. The lowest BCUT2D eigenvalue weighted by Crippen LogP contribution is -2.02. The van der Waals surface area contributed by atoms with Gasteiger partial charge in [0, 0.05) is 10.6 Å². The summed E-state index contributed by atoms with van der Waals surface area (Å²) in [6.45, 7) is 0. The van der Waals surface area contributed by atoms with Crippen molar-refractivity contribution in [3.05, 3.63) is 46.9 Å². The zero-order valence-electron chi connectivity index (χ0n) is 8.39. The van der Waals surface area contributed by atoms with E-state index in [4.69, 9.17) is 16.7 Å². The van der Waals surface area contributed by atoms with Crippen LogP contribution in [0.2, 0.25) is 5.02 Å². The van der Waals surface area contributed by atoms with Crippen LogP contribution in [0.25, 0.3) is 11.3 Å². The van der Waals surface area contributed by atoms with E-state index in [1.165, 1.54) is 30.3 Å². The molecule has 0 aliphatic carbocycles. The molecule has 0 spiro atoms. The molecule has 1 aromatic heterocycles. The van der Waals surface area contributed by atoms with Crippen LogP contribution >= 0.6 is 11.6 Å². The molecule has 1 N–H and O–H groups in total. The standard InChI is InChI=1S/C11H6ClFN2O2/c12-6-1-2-8(13)7(5-6)9-3-4-10(11(16)17)15-14-9/h1-5H,(H,16,17). The summed E-state index contributed by atoms with van der Waals surface area (Å²) in [5, 5.41) is 16.1. The lowest BCUT2D eigenvalue weighted by molar-refractivity contribution is 0.0689. The zero-order chi connectivity index (χ0) is 12.4. The molecule has 0 radical (unpaired) electrons. The molecule has 2 rings (SSSR count). The Kier molecular flexibility index (Phi) is 3.01. The maximum Gasteiger partial charge on any atom is 0.356 e. The molecule has 4 nitrogen and oxygen atoms in total. The highest BCUT2D eigenvalue weighted by Crippen LogP contribution is 2.23. The number of carboxylic acids is 1. The summed E-state index contributed by atoms with van der Waals surface area (Å²) in [7, 11) is 0. The van der Waals surface area contributed by atoms with Gasteiger partial charge in [-0.2, -0.15) is 0 Å². The molecule has 17 heavy (non-hydrogen) atoms. The minimum Gasteiger partial charge on any atom is -0.476 e. The highest BCUT2D eigenvalue weighted by Gasteiger charge is 2.10. The maximum atomic E-state index is 13.5. The molecule has 0 bridgehead atoms. The largest absolute Gasteiger partial charge is 0.476 e. The van der Waals surface area contributed by atoms with E-state index in [2.05, 4.69) is 10.2 Å². The Hall–Kier alpha value is -2.01. The van der Waals surface area contributed by atoms with Gasteiger partial charge in [0.15, 0.2) is 5.69 Å². The van der Waals surface area contributed by atoms with Gasteiger partial charge in [0.2, 0.25) is 0 Å². The van der Waals surface area contributed by atoms with Crippen LogP contribution in [0.1, 0.15) is 10.5 Å². The van der Waals surface area contributed by atoms with Crippen molar-refractivity contribution >= 4 is 17.6 Å². The fourth-order valence-corrected chi connectivity index (χ4v) is 1.46. The van der Waals surface area contributed by atoms with E-state index in [0.717, 1.165) is 0 Å². The number of hydrogen-bond donors (Lipinski definition) is 1. The topological polar surface area (TPSA) is 63.1 Å². The molecule has 1 heterocycles. The summed E-state index contributed by atoms with van der Waals surface area (Å²) in [4.78, 5) is 10.6.